The molecule has 0 spiro atoms. The van der Waals surface area contributed by atoms with Gasteiger partial charge >= 0.3 is 0 Å². The molecule has 2 heterocycles. The molecule has 0 saturated heterocycles. The molecule has 0 saturated carbocycles. The number of benzene rings is 1. The number of aromatic hydroxyl groups is 1. The Morgan fingerprint density at radius 2 is 2.06 bits per heavy atom. The number of aromatic amines is 1. The number of hydrogen-bond donors (Lipinski definition) is 3. The molecule has 0 fully saturated rings. The fourth-order valence-corrected chi connectivity index (χ4v) is 2.01. The molecule has 0 radical (unpaired) electrons. The molecule has 16 heavy (non-hydrogen) atoms. The number of nitrogens with one attached hydrogen (secondary N) is 1. The zero-order chi connectivity index (χ0) is 11.1. The van der Waals surface area contributed by atoms with Gasteiger partial charge in [0.15, 0.2) is 0 Å². The molecule has 4 heteroatoms. The molecule has 3 rings (SSSR count). The predicted molar refractivity (Wildman–Crippen MR) is 61.2 cm³/mol. The molecule has 0 aliphatic rings. The third kappa shape index (κ3) is 1.10. The summed E-state index contributed by atoms with van der Waals surface area (Å²) in [5, 5.41) is 20.7. The van der Waals surface area contributed by atoms with Crippen molar-refractivity contribution < 1.29 is 10.2 Å². The van der Waals surface area contributed by atoms with E-state index in [2.05, 4.69) is 9.97 Å². The lowest BCUT2D eigenvalue weighted by molar-refractivity contribution is 0.278. The van der Waals surface area contributed by atoms with Gasteiger partial charge in [0.25, 0.3) is 0 Å². The number of aliphatic hydroxyl groups excluding tert-OH is 1. The lowest BCUT2D eigenvalue weighted by atomic mass is 10.1. The van der Waals surface area contributed by atoms with E-state index in [-0.39, 0.29) is 12.4 Å². The second kappa shape index (κ2) is 3.21. The molecule has 0 aliphatic carbocycles. The Hall–Kier alpha value is -2.07. The molecular formula is C12H10N2O2. The highest BCUT2D eigenvalue weighted by atomic mass is 16.3. The van der Waals surface area contributed by atoms with Gasteiger partial charge in [-0.25, -0.2) is 0 Å². The summed E-state index contributed by atoms with van der Waals surface area (Å²) in [7, 11) is 0. The Balaban J connectivity index is 2.58. The van der Waals surface area contributed by atoms with Crippen LogP contribution in [0.2, 0.25) is 0 Å². The topological polar surface area (TPSA) is 69.1 Å². The summed E-state index contributed by atoms with van der Waals surface area (Å²) in [5.74, 6) is 0.129. The van der Waals surface area contributed by atoms with Crippen LogP contribution in [-0.4, -0.2) is 20.2 Å². The van der Waals surface area contributed by atoms with E-state index < -0.39 is 0 Å². The second-order valence-electron chi connectivity index (χ2n) is 3.67. The van der Waals surface area contributed by atoms with Crippen LogP contribution in [0.4, 0.5) is 0 Å². The van der Waals surface area contributed by atoms with E-state index in [0.717, 1.165) is 16.3 Å². The molecule has 4 nitrogen and oxygen atoms in total. The van der Waals surface area contributed by atoms with Crippen molar-refractivity contribution in [2.24, 2.45) is 0 Å². The Morgan fingerprint density at radius 1 is 1.25 bits per heavy atom. The van der Waals surface area contributed by atoms with E-state index in [0.29, 0.717) is 11.2 Å². The second-order valence-corrected chi connectivity index (χ2v) is 3.67. The minimum atomic E-state index is -0.149. The minimum Gasteiger partial charge on any atom is -0.506 e. The van der Waals surface area contributed by atoms with Gasteiger partial charge < -0.3 is 15.2 Å². The van der Waals surface area contributed by atoms with Crippen LogP contribution < -0.4 is 0 Å². The van der Waals surface area contributed by atoms with Crippen molar-refractivity contribution in [3.05, 3.63) is 36.2 Å². The number of aliphatic hydroxyl groups is 1. The summed E-state index contributed by atoms with van der Waals surface area (Å²) < 4.78 is 0. The van der Waals surface area contributed by atoms with Crippen molar-refractivity contribution in [3.63, 3.8) is 0 Å². The van der Waals surface area contributed by atoms with Gasteiger partial charge in [0.2, 0.25) is 0 Å². The molecule has 3 aromatic rings. The van der Waals surface area contributed by atoms with Crippen LogP contribution in [0.25, 0.3) is 21.8 Å². The Bertz CT molecular complexity index is 673. The number of hydrogen-bond acceptors (Lipinski definition) is 3. The number of aromatic nitrogens is 2. The number of H-pyrrole nitrogens is 1. The summed E-state index contributed by atoms with van der Waals surface area (Å²) in [6.45, 7) is -0.149. The van der Waals surface area contributed by atoms with Crippen LogP contribution >= 0.6 is 0 Å². The monoisotopic (exact) mass is 214 g/mol. The van der Waals surface area contributed by atoms with Crippen LogP contribution in [0.15, 0.2) is 30.5 Å². The Morgan fingerprint density at radius 3 is 2.88 bits per heavy atom. The van der Waals surface area contributed by atoms with E-state index in [4.69, 9.17) is 0 Å². The molecule has 3 N–H and O–H groups in total. The number of fused-ring (bicyclic) bond motifs is 3. The fourth-order valence-electron chi connectivity index (χ4n) is 2.01. The number of pyridine rings is 1. The first kappa shape index (κ1) is 9.18. The average molecular weight is 214 g/mol. The molecular weight excluding hydrogens is 204 g/mol. The molecule has 0 unspecified atom stereocenters. The zero-order valence-corrected chi connectivity index (χ0v) is 8.44. The van der Waals surface area contributed by atoms with Crippen molar-refractivity contribution in [2.75, 3.05) is 0 Å². The van der Waals surface area contributed by atoms with Gasteiger partial charge in [-0.2, -0.15) is 0 Å². The lowest BCUT2D eigenvalue weighted by Crippen LogP contribution is -1.89. The van der Waals surface area contributed by atoms with Crippen molar-refractivity contribution in [3.8, 4) is 5.75 Å². The van der Waals surface area contributed by atoms with Crippen LogP contribution in [0.5, 0.6) is 5.75 Å². The van der Waals surface area contributed by atoms with E-state index in [1.54, 1.807) is 0 Å². The van der Waals surface area contributed by atoms with Gasteiger partial charge in [-0.3, -0.25) is 4.98 Å². The Kier molecular flexibility index (Phi) is 1.84. The molecule has 0 bridgehead atoms. The van der Waals surface area contributed by atoms with Gasteiger partial charge in [-0.15, -0.1) is 0 Å². The highest BCUT2D eigenvalue weighted by Crippen LogP contribution is 2.32. The maximum absolute atomic E-state index is 9.81. The standard InChI is InChI=1S/C12H10N2O2/c15-6-9-12-11(10(16)5-13-9)7-3-1-2-4-8(7)14-12/h1-5,14-16H,6H2. The number of para-hydroxylation sites is 1. The van der Waals surface area contributed by atoms with Gasteiger partial charge in [-0.1, -0.05) is 18.2 Å². The van der Waals surface area contributed by atoms with Crippen molar-refractivity contribution in [1.29, 1.82) is 0 Å². The maximum Gasteiger partial charge on any atom is 0.143 e. The van der Waals surface area contributed by atoms with Crippen LogP contribution in [0, 0.1) is 0 Å². The molecule has 1 aromatic carbocycles. The minimum absolute atomic E-state index is 0.129. The summed E-state index contributed by atoms with van der Waals surface area (Å²) in [4.78, 5) is 7.14. The zero-order valence-electron chi connectivity index (χ0n) is 8.44. The maximum atomic E-state index is 9.81. The van der Waals surface area contributed by atoms with Crippen molar-refractivity contribution >= 4 is 21.8 Å². The van der Waals surface area contributed by atoms with Gasteiger partial charge in [-0.05, 0) is 6.07 Å². The lowest BCUT2D eigenvalue weighted by Gasteiger charge is -1.99. The molecule has 2 aromatic heterocycles. The third-order valence-corrected chi connectivity index (χ3v) is 2.74. The number of nitrogens with zero attached hydrogens (tertiary/aromatic N) is 1. The van der Waals surface area contributed by atoms with Crippen LogP contribution in [0.1, 0.15) is 5.69 Å². The molecule has 0 aliphatic heterocycles. The van der Waals surface area contributed by atoms with E-state index >= 15 is 0 Å². The summed E-state index contributed by atoms with van der Waals surface area (Å²) in [6.07, 6.45) is 1.37. The first-order valence-electron chi connectivity index (χ1n) is 4.99. The highest BCUT2D eigenvalue weighted by molar-refractivity contribution is 6.10. The summed E-state index contributed by atoms with van der Waals surface area (Å²) >= 11 is 0. The highest BCUT2D eigenvalue weighted by Gasteiger charge is 2.11. The summed E-state index contributed by atoms with van der Waals surface area (Å²) in [5.41, 5.74) is 2.17. The first-order chi connectivity index (χ1) is 7.81. The van der Waals surface area contributed by atoms with E-state index in [1.165, 1.54) is 6.20 Å². The van der Waals surface area contributed by atoms with Gasteiger partial charge in [0.05, 0.1) is 29.4 Å². The average Bonchev–Trinajstić information content (AvgIpc) is 2.69. The fraction of sp³-hybridized carbons (Fsp3) is 0.0833. The molecule has 0 atom stereocenters. The SMILES string of the molecule is OCc1ncc(O)c2c1[nH]c1ccccc12. The summed E-state index contributed by atoms with van der Waals surface area (Å²) in [6, 6.07) is 7.68. The largest absolute Gasteiger partial charge is 0.506 e. The van der Waals surface area contributed by atoms with Crippen LogP contribution in [0.3, 0.4) is 0 Å². The van der Waals surface area contributed by atoms with Gasteiger partial charge in [0, 0.05) is 10.9 Å². The van der Waals surface area contributed by atoms with E-state index in [9.17, 15) is 10.2 Å². The van der Waals surface area contributed by atoms with Crippen LogP contribution in [-0.2, 0) is 6.61 Å². The van der Waals surface area contributed by atoms with Gasteiger partial charge in [0.1, 0.15) is 5.75 Å². The van der Waals surface area contributed by atoms with Crippen molar-refractivity contribution in [2.45, 2.75) is 6.61 Å². The quantitative estimate of drug-likeness (QED) is 0.579. The van der Waals surface area contributed by atoms with E-state index in [1.807, 2.05) is 24.3 Å². The molecule has 80 valence electrons. The first-order valence-corrected chi connectivity index (χ1v) is 4.99. The predicted octanol–water partition coefficient (Wildman–Crippen LogP) is 1.91. The third-order valence-electron chi connectivity index (χ3n) is 2.74. The number of rotatable bonds is 1. The Labute approximate surface area is 91.2 Å². The molecule has 0 amide bonds. The van der Waals surface area contributed by atoms with Crippen molar-refractivity contribution in [1.82, 2.24) is 9.97 Å². The smallest absolute Gasteiger partial charge is 0.143 e. The normalized spacial score (nSPS) is 11.3.